The van der Waals surface area contributed by atoms with E-state index >= 15 is 0 Å². The van der Waals surface area contributed by atoms with Crippen LogP contribution in [-0.2, 0) is 20.1 Å². The Bertz CT molecular complexity index is 471. The number of hydrogen-bond acceptors (Lipinski definition) is 3. The molecule has 0 saturated heterocycles. The lowest BCUT2D eigenvalue weighted by atomic mass is 10.2. The van der Waals surface area contributed by atoms with Gasteiger partial charge in [0, 0.05) is 32.5 Å². The zero-order chi connectivity index (χ0) is 12.3. The summed E-state index contributed by atoms with van der Waals surface area (Å²) < 4.78 is 4.11. The maximum absolute atomic E-state index is 4.09. The van der Waals surface area contributed by atoms with Crippen LogP contribution in [0.4, 0.5) is 0 Å². The van der Waals surface area contributed by atoms with E-state index in [9.17, 15) is 0 Å². The highest BCUT2D eigenvalue weighted by Crippen LogP contribution is 2.09. The Morgan fingerprint density at radius 1 is 1.47 bits per heavy atom. The standard InChI is InChI=1S/C12H19N5/c1-4-17-6-5-11(8-17)7-13-10(2)12-15-14-9-16(12)3/h5-6,8-10,13H,4,7H2,1-3H3. The molecule has 1 N–H and O–H groups in total. The van der Waals surface area contributed by atoms with Crippen molar-refractivity contribution in [3.63, 3.8) is 0 Å². The average molecular weight is 233 g/mol. The van der Waals surface area contributed by atoms with Crippen LogP contribution in [0.3, 0.4) is 0 Å². The molecule has 5 heteroatoms. The third-order valence-electron chi connectivity index (χ3n) is 2.92. The van der Waals surface area contributed by atoms with Crippen molar-refractivity contribution in [3.05, 3.63) is 36.2 Å². The second-order valence-corrected chi connectivity index (χ2v) is 4.25. The van der Waals surface area contributed by atoms with Crippen LogP contribution < -0.4 is 5.32 Å². The van der Waals surface area contributed by atoms with Crippen molar-refractivity contribution < 1.29 is 0 Å². The zero-order valence-electron chi connectivity index (χ0n) is 10.6. The van der Waals surface area contributed by atoms with Gasteiger partial charge in [0.25, 0.3) is 0 Å². The second-order valence-electron chi connectivity index (χ2n) is 4.25. The second kappa shape index (κ2) is 5.14. The van der Waals surface area contributed by atoms with Gasteiger partial charge in [0.05, 0.1) is 6.04 Å². The molecule has 0 fully saturated rings. The van der Waals surface area contributed by atoms with Gasteiger partial charge in [0.2, 0.25) is 0 Å². The van der Waals surface area contributed by atoms with Gasteiger partial charge in [-0.25, -0.2) is 0 Å². The summed E-state index contributed by atoms with van der Waals surface area (Å²) >= 11 is 0. The monoisotopic (exact) mass is 233 g/mol. The molecule has 0 bridgehead atoms. The first-order chi connectivity index (χ1) is 8.20. The van der Waals surface area contributed by atoms with E-state index in [-0.39, 0.29) is 6.04 Å². The van der Waals surface area contributed by atoms with Gasteiger partial charge in [-0.15, -0.1) is 10.2 Å². The average Bonchev–Trinajstić information content (AvgIpc) is 2.94. The van der Waals surface area contributed by atoms with Crippen LogP contribution in [0.1, 0.15) is 31.3 Å². The molecule has 2 rings (SSSR count). The van der Waals surface area contributed by atoms with Gasteiger partial charge in [-0.2, -0.15) is 0 Å². The van der Waals surface area contributed by atoms with Gasteiger partial charge in [-0.05, 0) is 25.5 Å². The van der Waals surface area contributed by atoms with Crippen molar-refractivity contribution in [3.8, 4) is 0 Å². The third kappa shape index (κ3) is 2.74. The molecule has 0 saturated carbocycles. The molecule has 0 aromatic carbocycles. The lowest BCUT2D eigenvalue weighted by Gasteiger charge is -2.11. The van der Waals surface area contributed by atoms with Crippen molar-refractivity contribution in [2.45, 2.75) is 33.0 Å². The van der Waals surface area contributed by atoms with Crippen molar-refractivity contribution >= 4 is 0 Å². The van der Waals surface area contributed by atoms with E-state index < -0.39 is 0 Å². The van der Waals surface area contributed by atoms with Crippen molar-refractivity contribution in [2.75, 3.05) is 0 Å². The van der Waals surface area contributed by atoms with Gasteiger partial charge in [-0.1, -0.05) is 0 Å². The van der Waals surface area contributed by atoms with Gasteiger partial charge in [-0.3, -0.25) is 0 Å². The van der Waals surface area contributed by atoms with Crippen molar-refractivity contribution in [2.24, 2.45) is 7.05 Å². The summed E-state index contributed by atoms with van der Waals surface area (Å²) in [6, 6.07) is 2.34. The van der Waals surface area contributed by atoms with E-state index in [0.717, 1.165) is 18.9 Å². The minimum Gasteiger partial charge on any atom is -0.354 e. The largest absolute Gasteiger partial charge is 0.354 e. The Balaban J connectivity index is 1.92. The highest BCUT2D eigenvalue weighted by atomic mass is 15.3. The number of rotatable bonds is 5. The van der Waals surface area contributed by atoms with E-state index in [0.29, 0.717) is 0 Å². The van der Waals surface area contributed by atoms with Crippen LogP contribution in [0.5, 0.6) is 0 Å². The predicted octanol–water partition coefficient (Wildman–Crippen LogP) is 1.49. The Labute approximate surface area is 101 Å². The lowest BCUT2D eigenvalue weighted by Crippen LogP contribution is -2.20. The van der Waals surface area contributed by atoms with Gasteiger partial charge < -0.3 is 14.5 Å². The van der Waals surface area contributed by atoms with Crippen molar-refractivity contribution in [1.29, 1.82) is 0 Å². The highest BCUT2D eigenvalue weighted by molar-refractivity contribution is 5.10. The molecule has 2 aromatic rings. The fourth-order valence-corrected chi connectivity index (χ4v) is 1.84. The predicted molar refractivity (Wildman–Crippen MR) is 66.4 cm³/mol. The molecule has 2 aromatic heterocycles. The Morgan fingerprint density at radius 2 is 2.29 bits per heavy atom. The molecule has 92 valence electrons. The number of nitrogens with zero attached hydrogens (tertiary/aromatic N) is 4. The van der Waals surface area contributed by atoms with Crippen LogP contribution >= 0.6 is 0 Å². The molecular weight excluding hydrogens is 214 g/mol. The molecule has 17 heavy (non-hydrogen) atoms. The summed E-state index contributed by atoms with van der Waals surface area (Å²) in [6.45, 7) is 6.10. The van der Waals surface area contributed by atoms with E-state index in [1.165, 1.54) is 5.56 Å². The molecule has 0 spiro atoms. The van der Waals surface area contributed by atoms with E-state index in [1.807, 2.05) is 11.6 Å². The maximum Gasteiger partial charge on any atom is 0.149 e. The fourth-order valence-electron chi connectivity index (χ4n) is 1.84. The third-order valence-corrected chi connectivity index (χ3v) is 2.92. The summed E-state index contributed by atoms with van der Waals surface area (Å²) in [4.78, 5) is 0. The molecule has 0 aliphatic rings. The first-order valence-corrected chi connectivity index (χ1v) is 5.92. The minimum atomic E-state index is 0.201. The molecule has 1 unspecified atom stereocenters. The van der Waals surface area contributed by atoms with Crippen LogP contribution in [0, 0.1) is 0 Å². The Kier molecular flexibility index (Phi) is 3.58. The first kappa shape index (κ1) is 11.9. The molecule has 5 nitrogen and oxygen atoms in total. The zero-order valence-corrected chi connectivity index (χ0v) is 10.6. The van der Waals surface area contributed by atoms with Crippen molar-refractivity contribution in [1.82, 2.24) is 24.6 Å². The quantitative estimate of drug-likeness (QED) is 0.851. The molecular formula is C12H19N5. The minimum absolute atomic E-state index is 0.201. The van der Waals surface area contributed by atoms with Gasteiger partial charge in [0.15, 0.2) is 0 Å². The van der Waals surface area contributed by atoms with Crippen LogP contribution in [0.25, 0.3) is 0 Å². The molecule has 0 amide bonds. The molecule has 0 radical (unpaired) electrons. The molecule has 1 atom stereocenters. The van der Waals surface area contributed by atoms with E-state index in [4.69, 9.17) is 0 Å². The summed E-state index contributed by atoms with van der Waals surface area (Å²) in [7, 11) is 1.96. The van der Waals surface area contributed by atoms with Crippen LogP contribution in [-0.4, -0.2) is 19.3 Å². The fraction of sp³-hybridized carbons (Fsp3) is 0.500. The highest BCUT2D eigenvalue weighted by Gasteiger charge is 2.10. The Morgan fingerprint density at radius 3 is 2.88 bits per heavy atom. The Hall–Kier alpha value is -1.62. The topological polar surface area (TPSA) is 47.7 Å². The number of nitrogens with one attached hydrogen (secondary N) is 1. The molecule has 0 aliphatic heterocycles. The summed E-state index contributed by atoms with van der Waals surface area (Å²) in [6.07, 6.45) is 5.99. The first-order valence-electron chi connectivity index (χ1n) is 5.92. The summed E-state index contributed by atoms with van der Waals surface area (Å²) in [5, 5.41) is 11.4. The maximum atomic E-state index is 4.09. The van der Waals surface area contributed by atoms with Crippen LogP contribution in [0.2, 0.25) is 0 Å². The van der Waals surface area contributed by atoms with Crippen LogP contribution in [0.15, 0.2) is 24.8 Å². The van der Waals surface area contributed by atoms with E-state index in [1.54, 1.807) is 6.33 Å². The van der Waals surface area contributed by atoms with Gasteiger partial charge >= 0.3 is 0 Å². The number of hydrogen-bond donors (Lipinski definition) is 1. The molecule has 0 aliphatic carbocycles. The summed E-state index contributed by atoms with van der Waals surface area (Å²) in [5.74, 6) is 0.958. The molecule has 2 heterocycles. The number of aromatic nitrogens is 4. The smallest absolute Gasteiger partial charge is 0.149 e. The van der Waals surface area contributed by atoms with E-state index in [2.05, 4.69) is 52.4 Å². The normalized spacial score (nSPS) is 12.9. The van der Waals surface area contributed by atoms with Gasteiger partial charge in [0.1, 0.15) is 12.2 Å². The number of aryl methyl sites for hydroxylation is 2. The lowest BCUT2D eigenvalue weighted by molar-refractivity contribution is 0.528. The summed E-state index contributed by atoms with van der Waals surface area (Å²) in [5.41, 5.74) is 1.29. The SMILES string of the molecule is CCn1ccc(CNC(C)c2nncn2C)c1.